The standard InChI is InChI=1S/C16H10BrClFN/c1-9-2-7-12-13(18)8-14(20-16(12)15(9)17)10-3-5-11(19)6-4-10/h2-8H,1H3. The first-order valence-electron chi connectivity index (χ1n) is 6.07. The average molecular weight is 351 g/mol. The summed E-state index contributed by atoms with van der Waals surface area (Å²) in [6.07, 6.45) is 0. The van der Waals surface area contributed by atoms with E-state index in [1.807, 2.05) is 19.1 Å². The van der Waals surface area contributed by atoms with Gasteiger partial charge in [-0.3, -0.25) is 0 Å². The van der Waals surface area contributed by atoms with Gasteiger partial charge in [-0.25, -0.2) is 9.37 Å². The summed E-state index contributed by atoms with van der Waals surface area (Å²) in [5.74, 6) is -0.266. The van der Waals surface area contributed by atoms with Gasteiger partial charge in [-0.05, 0) is 58.7 Å². The molecule has 0 radical (unpaired) electrons. The number of benzene rings is 2. The van der Waals surface area contributed by atoms with Crippen LogP contribution in [0.5, 0.6) is 0 Å². The molecule has 0 bridgehead atoms. The van der Waals surface area contributed by atoms with Gasteiger partial charge in [-0.2, -0.15) is 0 Å². The summed E-state index contributed by atoms with van der Waals surface area (Å²) in [6.45, 7) is 2.00. The van der Waals surface area contributed by atoms with Crippen LogP contribution in [0.3, 0.4) is 0 Å². The Morgan fingerprint density at radius 1 is 1.10 bits per heavy atom. The highest BCUT2D eigenvalue weighted by molar-refractivity contribution is 9.10. The molecule has 3 aromatic rings. The minimum absolute atomic E-state index is 0.266. The van der Waals surface area contributed by atoms with Crippen molar-refractivity contribution in [1.29, 1.82) is 0 Å². The normalized spacial score (nSPS) is 11.0. The SMILES string of the molecule is Cc1ccc2c(Cl)cc(-c3ccc(F)cc3)nc2c1Br. The Morgan fingerprint density at radius 3 is 2.50 bits per heavy atom. The van der Waals surface area contributed by atoms with Crippen LogP contribution in [0, 0.1) is 12.7 Å². The van der Waals surface area contributed by atoms with Crippen LogP contribution in [0.15, 0.2) is 46.9 Å². The number of aromatic nitrogens is 1. The van der Waals surface area contributed by atoms with Crippen LogP contribution in [-0.4, -0.2) is 4.98 Å². The predicted octanol–water partition coefficient (Wildman–Crippen LogP) is 5.77. The van der Waals surface area contributed by atoms with E-state index in [0.29, 0.717) is 5.02 Å². The van der Waals surface area contributed by atoms with Crippen molar-refractivity contribution in [3.8, 4) is 11.3 Å². The first kappa shape index (κ1) is 13.5. The molecule has 0 fully saturated rings. The molecule has 0 saturated carbocycles. The topological polar surface area (TPSA) is 12.9 Å². The van der Waals surface area contributed by atoms with E-state index in [2.05, 4.69) is 20.9 Å². The molecular formula is C16H10BrClFN. The lowest BCUT2D eigenvalue weighted by Gasteiger charge is -2.08. The fourth-order valence-corrected chi connectivity index (χ4v) is 2.78. The van der Waals surface area contributed by atoms with E-state index in [0.717, 1.165) is 32.2 Å². The lowest BCUT2D eigenvalue weighted by atomic mass is 10.1. The monoisotopic (exact) mass is 349 g/mol. The molecule has 0 N–H and O–H groups in total. The second-order valence-corrected chi connectivity index (χ2v) is 5.79. The quantitative estimate of drug-likeness (QED) is 0.543. The van der Waals surface area contributed by atoms with E-state index >= 15 is 0 Å². The zero-order valence-corrected chi connectivity index (χ0v) is 13.0. The van der Waals surface area contributed by atoms with Gasteiger partial charge in [0, 0.05) is 15.4 Å². The van der Waals surface area contributed by atoms with E-state index in [1.165, 1.54) is 12.1 Å². The van der Waals surface area contributed by atoms with Crippen molar-refractivity contribution >= 4 is 38.4 Å². The highest BCUT2D eigenvalue weighted by Gasteiger charge is 2.10. The molecule has 0 saturated heterocycles. The van der Waals surface area contributed by atoms with Crippen LogP contribution in [0.4, 0.5) is 4.39 Å². The van der Waals surface area contributed by atoms with E-state index in [-0.39, 0.29) is 5.82 Å². The summed E-state index contributed by atoms with van der Waals surface area (Å²) < 4.78 is 13.9. The summed E-state index contributed by atoms with van der Waals surface area (Å²) in [4.78, 5) is 4.64. The lowest BCUT2D eigenvalue weighted by Crippen LogP contribution is -1.89. The highest BCUT2D eigenvalue weighted by Crippen LogP contribution is 2.33. The Balaban J connectivity index is 2.28. The van der Waals surface area contributed by atoms with Crippen molar-refractivity contribution in [2.24, 2.45) is 0 Å². The Labute approximate surface area is 129 Å². The zero-order chi connectivity index (χ0) is 14.3. The molecule has 0 aliphatic rings. The van der Waals surface area contributed by atoms with Gasteiger partial charge in [0.05, 0.1) is 16.2 Å². The molecule has 1 heterocycles. The van der Waals surface area contributed by atoms with E-state index < -0.39 is 0 Å². The van der Waals surface area contributed by atoms with Gasteiger partial charge >= 0.3 is 0 Å². The molecule has 1 nitrogen and oxygen atoms in total. The molecular weight excluding hydrogens is 341 g/mol. The van der Waals surface area contributed by atoms with Crippen molar-refractivity contribution in [2.45, 2.75) is 6.92 Å². The third-order valence-electron chi connectivity index (χ3n) is 3.20. The molecule has 0 spiro atoms. The van der Waals surface area contributed by atoms with Crippen molar-refractivity contribution in [2.75, 3.05) is 0 Å². The molecule has 2 aromatic carbocycles. The summed E-state index contributed by atoms with van der Waals surface area (Å²) in [5.41, 5.74) is 3.48. The number of fused-ring (bicyclic) bond motifs is 1. The predicted molar refractivity (Wildman–Crippen MR) is 84.6 cm³/mol. The molecule has 100 valence electrons. The number of halogens is 3. The summed E-state index contributed by atoms with van der Waals surface area (Å²) in [7, 11) is 0. The maximum absolute atomic E-state index is 13.0. The van der Waals surface area contributed by atoms with E-state index in [1.54, 1.807) is 18.2 Å². The number of hydrogen-bond acceptors (Lipinski definition) is 1. The zero-order valence-electron chi connectivity index (χ0n) is 10.6. The molecule has 4 heteroatoms. The number of rotatable bonds is 1. The third kappa shape index (κ3) is 2.32. The molecule has 0 atom stereocenters. The first-order chi connectivity index (χ1) is 9.56. The van der Waals surface area contributed by atoms with E-state index in [9.17, 15) is 4.39 Å². The van der Waals surface area contributed by atoms with Crippen molar-refractivity contribution in [3.63, 3.8) is 0 Å². The van der Waals surface area contributed by atoms with Gasteiger partial charge in [0.2, 0.25) is 0 Å². The third-order valence-corrected chi connectivity index (χ3v) is 4.52. The van der Waals surface area contributed by atoms with Crippen LogP contribution in [0.2, 0.25) is 5.02 Å². The van der Waals surface area contributed by atoms with Gasteiger partial charge in [-0.1, -0.05) is 23.7 Å². The second kappa shape index (κ2) is 5.15. The van der Waals surface area contributed by atoms with Crippen LogP contribution in [-0.2, 0) is 0 Å². The Morgan fingerprint density at radius 2 is 1.80 bits per heavy atom. The van der Waals surface area contributed by atoms with Crippen molar-refractivity contribution < 1.29 is 4.39 Å². The molecule has 0 aliphatic carbocycles. The maximum Gasteiger partial charge on any atom is 0.123 e. The Bertz CT molecular complexity index is 800. The minimum atomic E-state index is -0.266. The lowest BCUT2D eigenvalue weighted by molar-refractivity contribution is 0.628. The van der Waals surface area contributed by atoms with Crippen molar-refractivity contribution in [3.05, 3.63) is 63.3 Å². The largest absolute Gasteiger partial charge is 0.246 e. The Kier molecular flexibility index (Phi) is 3.48. The van der Waals surface area contributed by atoms with E-state index in [4.69, 9.17) is 11.6 Å². The van der Waals surface area contributed by atoms with Crippen LogP contribution < -0.4 is 0 Å². The number of hydrogen-bond donors (Lipinski definition) is 0. The fraction of sp³-hybridized carbons (Fsp3) is 0.0625. The number of pyridine rings is 1. The molecule has 0 amide bonds. The van der Waals surface area contributed by atoms with Crippen LogP contribution in [0.1, 0.15) is 5.56 Å². The van der Waals surface area contributed by atoms with Gasteiger partial charge in [0.25, 0.3) is 0 Å². The Hall–Kier alpha value is -1.45. The summed E-state index contributed by atoms with van der Waals surface area (Å²) in [5, 5.41) is 1.53. The fourth-order valence-electron chi connectivity index (χ4n) is 2.09. The summed E-state index contributed by atoms with van der Waals surface area (Å²) in [6, 6.07) is 12.0. The summed E-state index contributed by atoms with van der Waals surface area (Å²) >= 11 is 9.88. The average Bonchev–Trinajstić information content (AvgIpc) is 2.44. The maximum atomic E-state index is 13.0. The van der Waals surface area contributed by atoms with Crippen LogP contribution in [0.25, 0.3) is 22.2 Å². The molecule has 1 aromatic heterocycles. The minimum Gasteiger partial charge on any atom is -0.246 e. The van der Waals surface area contributed by atoms with Gasteiger partial charge < -0.3 is 0 Å². The first-order valence-corrected chi connectivity index (χ1v) is 7.24. The van der Waals surface area contributed by atoms with Gasteiger partial charge in [0.1, 0.15) is 5.82 Å². The molecule has 20 heavy (non-hydrogen) atoms. The second-order valence-electron chi connectivity index (χ2n) is 4.59. The molecule has 3 rings (SSSR count). The van der Waals surface area contributed by atoms with Gasteiger partial charge in [0.15, 0.2) is 0 Å². The smallest absolute Gasteiger partial charge is 0.123 e. The highest BCUT2D eigenvalue weighted by atomic mass is 79.9. The van der Waals surface area contributed by atoms with Gasteiger partial charge in [-0.15, -0.1) is 0 Å². The van der Waals surface area contributed by atoms with Crippen molar-refractivity contribution in [1.82, 2.24) is 4.98 Å². The number of aryl methyl sites for hydroxylation is 1. The number of nitrogens with zero attached hydrogens (tertiary/aromatic N) is 1. The molecule has 0 aliphatic heterocycles. The molecule has 0 unspecified atom stereocenters. The van der Waals surface area contributed by atoms with Crippen LogP contribution >= 0.6 is 27.5 Å².